The SMILES string of the molecule is CC(C)c1ccc(N(CC(=O)NC2CCCc3ccccc32)S(=O)(=O)c2ccccc2)cc1. The molecule has 1 unspecified atom stereocenters. The first-order chi connectivity index (χ1) is 15.9. The number of nitrogens with one attached hydrogen (secondary N) is 1. The van der Waals surface area contributed by atoms with E-state index in [0.29, 0.717) is 11.6 Å². The van der Waals surface area contributed by atoms with E-state index in [2.05, 4.69) is 25.2 Å². The molecular weight excluding hydrogens is 432 g/mol. The summed E-state index contributed by atoms with van der Waals surface area (Å²) >= 11 is 0. The minimum absolute atomic E-state index is 0.105. The molecule has 0 bridgehead atoms. The Kier molecular flexibility index (Phi) is 6.84. The molecule has 1 amide bonds. The number of rotatable bonds is 7. The van der Waals surface area contributed by atoms with Gasteiger partial charge in [0.25, 0.3) is 10.0 Å². The van der Waals surface area contributed by atoms with Crippen molar-refractivity contribution in [3.8, 4) is 0 Å². The lowest BCUT2D eigenvalue weighted by molar-refractivity contribution is -0.120. The summed E-state index contributed by atoms with van der Waals surface area (Å²) in [5, 5.41) is 3.08. The quantitative estimate of drug-likeness (QED) is 0.525. The van der Waals surface area contributed by atoms with Crippen LogP contribution in [0, 0.1) is 0 Å². The molecule has 4 rings (SSSR count). The van der Waals surface area contributed by atoms with Crippen molar-refractivity contribution >= 4 is 21.6 Å². The van der Waals surface area contributed by atoms with E-state index in [9.17, 15) is 13.2 Å². The third-order valence-electron chi connectivity index (χ3n) is 6.17. The molecule has 0 fully saturated rings. The Morgan fingerprint density at radius 2 is 1.64 bits per heavy atom. The van der Waals surface area contributed by atoms with Crippen molar-refractivity contribution in [2.75, 3.05) is 10.8 Å². The van der Waals surface area contributed by atoms with Crippen LogP contribution >= 0.6 is 0 Å². The molecule has 0 saturated carbocycles. The Morgan fingerprint density at radius 1 is 0.970 bits per heavy atom. The van der Waals surface area contributed by atoms with Gasteiger partial charge in [-0.05, 0) is 66.1 Å². The van der Waals surface area contributed by atoms with E-state index < -0.39 is 10.0 Å². The van der Waals surface area contributed by atoms with Gasteiger partial charge in [0.05, 0.1) is 16.6 Å². The minimum Gasteiger partial charge on any atom is -0.348 e. The van der Waals surface area contributed by atoms with E-state index in [1.54, 1.807) is 42.5 Å². The normalized spacial score (nSPS) is 15.7. The van der Waals surface area contributed by atoms with Crippen molar-refractivity contribution in [2.45, 2.75) is 50.0 Å². The predicted molar refractivity (Wildman–Crippen MR) is 132 cm³/mol. The summed E-state index contributed by atoms with van der Waals surface area (Å²) in [6.07, 6.45) is 2.83. The summed E-state index contributed by atoms with van der Waals surface area (Å²) in [7, 11) is -3.91. The molecule has 172 valence electrons. The summed E-state index contributed by atoms with van der Waals surface area (Å²) < 4.78 is 28.3. The van der Waals surface area contributed by atoms with E-state index >= 15 is 0 Å². The van der Waals surface area contributed by atoms with Crippen LogP contribution in [0.15, 0.2) is 83.8 Å². The lowest BCUT2D eigenvalue weighted by atomic mass is 9.88. The molecule has 0 heterocycles. The number of sulfonamides is 1. The number of benzene rings is 3. The molecule has 0 spiro atoms. The van der Waals surface area contributed by atoms with Gasteiger partial charge in [-0.2, -0.15) is 0 Å². The molecule has 0 saturated heterocycles. The fourth-order valence-corrected chi connectivity index (χ4v) is 5.78. The Morgan fingerprint density at radius 3 is 2.33 bits per heavy atom. The largest absolute Gasteiger partial charge is 0.348 e. The molecule has 3 aromatic rings. The third kappa shape index (κ3) is 5.11. The van der Waals surface area contributed by atoms with Gasteiger partial charge in [-0.3, -0.25) is 9.10 Å². The number of aryl methyl sites for hydroxylation is 1. The minimum atomic E-state index is -3.91. The van der Waals surface area contributed by atoms with E-state index in [0.717, 1.165) is 30.4 Å². The highest BCUT2D eigenvalue weighted by molar-refractivity contribution is 7.92. The van der Waals surface area contributed by atoms with Crippen molar-refractivity contribution in [1.82, 2.24) is 5.32 Å². The number of fused-ring (bicyclic) bond motifs is 1. The van der Waals surface area contributed by atoms with Crippen molar-refractivity contribution in [3.63, 3.8) is 0 Å². The standard InChI is InChI=1S/C27H30N2O3S/c1-20(2)21-15-17-23(18-16-21)29(33(31,32)24-11-4-3-5-12-24)19-27(30)28-26-14-8-10-22-9-6-7-13-25(22)26/h3-7,9,11-13,15-18,20,26H,8,10,14,19H2,1-2H3,(H,28,30). The summed E-state index contributed by atoms with van der Waals surface area (Å²) in [6.45, 7) is 3.89. The summed E-state index contributed by atoms with van der Waals surface area (Å²) in [5.41, 5.74) is 3.95. The number of anilines is 1. The monoisotopic (exact) mass is 462 g/mol. The van der Waals surface area contributed by atoms with Crippen LogP contribution in [-0.4, -0.2) is 20.9 Å². The second kappa shape index (κ2) is 9.79. The number of hydrogen-bond donors (Lipinski definition) is 1. The van der Waals surface area contributed by atoms with Crippen LogP contribution in [0.1, 0.15) is 55.3 Å². The van der Waals surface area contributed by atoms with Crippen LogP contribution in [0.2, 0.25) is 0 Å². The molecule has 33 heavy (non-hydrogen) atoms. The molecular formula is C27H30N2O3S. The first kappa shape index (κ1) is 23.1. The highest BCUT2D eigenvalue weighted by Gasteiger charge is 2.29. The van der Waals surface area contributed by atoms with Crippen molar-refractivity contribution in [1.29, 1.82) is 0 Å². The van der Waals surface area contributed by atoms with E-state index in [1.807, 2.05) is 30.3 Å². The highest BCUT2D eigenvalue weighted by atomic mass is 32.2. The summed E-state index contributed by atoms with van der Waals surface area (Å²) in [5.74, 6) is 0.0112. The van der Waals surface area contributed by atoms with Gasteiger partial charge < -0.3 is 5.32 Å². The fourth-order valence-electron chi connectivity index (χ4n) is 4.33. The zero-order chi connectivity index (χ0) is 23.4. The molecule has 0 aliphatic heterocycles. The van der Waals surface area contributed by atoms with Gasteiger partial charge in [-0.15, -0.1) is 0 Å². The van der Waals surface area contributed by atoms with Crippen LogP contribution in [0.4, 0.5) is 5.69 Å². The number of carbonyl (C=O) groups is 1. The zero-order valence-corrected chi connectivity index (χ0v) is 19.9. The molecule has 6 heteroatoms. The van der Waals surface area contributed by atoms with Gasteiger partial charge >= 0.3 is 0 Å². The molecule has 3 aromatic carbocycles. The second-order valence-electron chi connectivity index (χ2n) is 8.78. The van der Waals surface area contributed by atoms with E-state index in [1.165, 1.54) is 9.87 Å². The maximum atomic E-state index is 13.5. The van der Waals surface area contributed by atoms with Crippen molar-refractivity contribution < 1.29 is 13.2 Å². The van der Waals surface area contributed by atoms with Gasteiger partial charge in [0.1, 0.15) is 6.54 Å². The topological polar surface area (TPSA) is 66.5 Å². The maximum Gasteiger partial charge on any atom is 0.264 e. The molecule has 1 N–H and O–H groups in total. The summed E-state index contributed by atoms with van der Waals surface area (Å²) in [6, 6.07) is 23.7. The summed E-state index contributed by atoms with van der Waals surface area (Å²) in [4.78, 5) is 13.3. The molecule has 1 atom stereocenters. The molecule has 0 aromatic heterocycles. The number of amides is 1. The van der Waals surface area contributed by atoms with Crippen LogP contribution in [0.5, 0.6) is 0 Å². The predicted octanol–water partition coefficient (Wildman–Crippen LogP) is 5.20. The van der Waals surface area contributed by atoms with E-state index in [-0.39, 0.29) is 23.4 Å². The average molecular weight is 463 g/mol. The third-order valence-corrected chi connectivity index (χ3v) is 7.96. The number of hydrogen-bond acceptors (Lipinski definition) is 3. The van der Waals surface area contributed by atoms with E-state index in [4.69, 9.17) is 0 Å². The van der Waals surface area contributed by atoms with Crippen LogP contribution in [0.3, 0.4) is 0 Å². The Hall–Kier alpha value is -3.12. The smallest absolute Gasteiger partial charge is 0.264 e. The van der Waals surface area contributed by atoms with Gasteiger partial charge in [0.15, 0.2) is 0 Å². The zero-order valence-electron chi connectivity index (χ0n) is 19.1. The molecule has 5 nitrogen and oxygen atoms in total. The van der Waals surface area contributed by atoms with Crippen LogP contribution in [-0.2, 0) is 21.2 Å². The first-order valence-electron chi connectivity index (χ1n) is 11.4. The van der Waals surface area contributed by atoms with Gasteiger partial charge in [-0.1, -0.05) is 68.4 Å². The highest BCUT2D eigenvalue weighted by Crippen LogP contribution is 2.30. The van der Waals surface area contributed by atoms with Gasteiger partial charge in [0, 0.05) is 0 Å². The Labute approximate surface area is 196 Å². The fraction of sp³-hybridized carbons (Fsp3) is 0.296. The Bertz CT molecular complexity index is 1210. The molecule has 1 aliphatic carbocycles. The maximum absolute atomic E-state index is 13.5. The number of carbonyl (C=O) groups excluding carboxylic acids is 1. The Balaban J connectivity index is 1.62. The van der Waals surface area contributed by atoms with Crippen LogP contribution in [0.25, 0.3) is 0 Å². The molecule has 1 aliphatic rings. The lowest BCUT2D eigenvalue weighted by Gasteiger charge is -2.29. The second-order valence-corrected chi connectivity index (χ2v) is 10.6. The van der Waals surface area contributed by atoms with Crippen molar-refractivity contribution in [2.24, 2.45) is 0 Å². The molecule has 0 radical (unpaired) electrons. The van der Waals surface area contributed by atoms with Crippen LogP contribution < -0.4 is 9.62 Å². The van der Waals surface area contributed by atoms with Crippen molar-refractivity contribution in [3.05, 3.63) is 95.6 Å². The van der Waals surface area contributed by atoms with Gasteiger partial charge in [-0.25, -0.2) is 8.42 Å². The average Bonchev–Trinajstić information content (AvgIpc) is 2.83. The lowest BCUT2D eigenvalue weighted by Crippen LogP contribution is -2.42. The van der Waals surface area contributed by atoms with Gasteiger partial charge in [0.2, 0.25) is 5.91 Å². The first-order valence-corrected chi connectivity index (χ1v) is 12.8. The number of nitrogens with zero attached hydrogens (tertiary/aromatic N) is 1.